The number of rotatable bonds is 9. The predicted molar refractivity (Wildman–Crippen MR) is 69.3 cm³/mol. The zero-order valence-electron chi connectivity index (χ0n) is 9.86. The molecule has 0 spiro atoms. The van der Waals surface area contributed by atoms with E-state index in [9.17, 15) is 0 Å². The van der Waals surface area contributed by atoms with E-state index in [0.717, 1.165) is 47.8 Å². The summed E-state index contributed by atoms with van der Waals surface area (Å²) in [6, 6.07) is 0. The fraction of sp³-hybridized carbons (Fsp3) is 0.800. The average molecular weight is 261 g/mol. The molecule has 0 bridgehead atoms. The van der Waals surface area contributed by atoms with E-state index >= 15 is 0 Å². The Kier molecular flexibility index (Phi) is 7.75. The molecule has 1 aromatic heterocycles. The summed E-state index contributed by atoms with van der Waals surface area (Å²) in [5.41, 5.74) is 0. The van der Waals surface area contributed by atoms with Crippen molar-refractivity contribution >= 4 is 23.1 Å². The van der Waals surface area contributed by atoms with E-state index in [1.807, 2.05) is 13.8 Å². The van der Waals surface area contributed by atoms with Gasteiger partial charge in [-0.2, -0.15) is 0 Å². The molecule has 0 radical (unpaired) electrons. The molecule has 0 aliphatic rings. The third-order valence-electron chi connectivity index (χ3n) is 1.86. The van der Waals surface area contributed by atoms with Gasteiger partial charge in [0, 0.05) is 25.5 Å². The molecule has 0 atom stereocenters. The van der Waals surface area contributed by atoms with Gasteiger partial charge in [-0.25, -0.2) is 0 Å². The van der Waals surface area contributed by atoms with Crippen LogP contribution in [-0.4, -0.2) is 42.3 Å². The SMILES string of the molecule is CCOCCCNCCSc1nnc(C)s1. The molecule has 0 saturated heterocycles. The average Bonchev–Trinajstić information content (AvgIpc) is 2.68. The molecule has 0 saturated carbocycles. The van der Waals surface area contributed by atoms with Crippen molar-refractivity contribution < 1.29 is 4.74 Å². The van der Waals surface area contributed by atoms with Gasteiger partial charge >= 0.3 is 0 Å². The normalized spacial score (nSPS) is 10.9. The van der Waals surface area contributed by atoms with E-state index in [1.54, 1.807) is 23.1 Å². The molecule has 1 aromatic rings. The highest BCUT2D eigenvalue weighted by Gasteiger charge is 1.99. The van der Waals surface area contributed by atoms with Crippen molar-refractivity contribution in [2.45, 2.75) is 24.6 Å². The lowest BCUT2D eigenvalue weighted by molar-refractivity contribution is 0.145. The van der Waals surface area contributed by atoms with Crippen LogP contribution < -0.4 is 5.32 Å². The monoisotopic (exact) mass is 261 g/mol. The summed E-state index contributed by atoms with van der Waals surface area (Å²) < 4.78 is 6.31. The van der Waals surface area contributed by atoms with Crippen LogP contribution in [0.5, 0.6) is 0 Å². The fourth-order valence-corrected chi connectivity index (χ4v) is 2.90. The number of thioether (sulfide) groups is 1. The lowest BCUT2D eigenvalue weighted by Gasteiger charge is -2.03. The fourth-order valence-electron chi connectivity index (χ4n) is 1.12. The molecule has 0 amide bonds. The van der Waals surface area contributed by atoms with E-state index in [4.69, 9.17) is 4.74 Å². The number of hydrogen-bond acceptors (Lipinski definition) is 6. The highest BCUT2D eigenvalue weighted by molar-refractivity contribution is 8.01. The zero-order chi connectivity index (χ0) is 11.6. The second kappa shape index (κ2) is 8.92. The quantitative estimate of drug-likeness (QED) is 0.544. The van der Waals surface area contributed by atoms with Crippen molar-refractivity contribution in [2.75, 3.05) is 32.1 Å². The summed E-state index contributed by atoms with van der Waals surface area (Å²) in [5, 5.41) is 12.4. The first kappa shape index (κ1) is 13.9. The third-order valence-corrected chi connectivity index (χ3v) is 3.83. The molecule has 0 unspecified atom stereocenters. The van der Waals surface area contributed by atoms with Crippen molar-refractivity contribution in [3.63, 3.8) is 0 Å². The smallest absolute Gasteiger partial charge is 0.174 e. The Bertz CT molecular complexity index is 281. The number of ether oxygens (including phenoxy) is 1. The Hall–Kier alpha value is -0.170. The molecule has 1 rings (SSSR count). The van der Waals surface area contributed by atoms with Gasteiger partial charge < -0.3 is 10.1 Å². The molecular formula is C10H19N3OS2. The van der Waals surface area contributed by atoms with Gasteiger partial charge in [0.25, 0.3) is 0 Å². The highest BCUT2D eigenvalue weighted by Crippen LogP contribution is 2.20. The first-order valence-electron chi connectivity index (χ1n) is 5.54. The molecule has 6 heteroatoms. The summed E-state index contributed by atoms with van der Waals surface area (Å²) in [7, 11) is 0. The number of nitrogens with zero attached hydrogens (tertiary/aromatic N) is 2. The molecule has 92 valence electrons. The number of hydrogen-bond donors (Lipinski definition) is 1. The summed E-state index contributed by atoms with van der Waals surface area (Å²) in [6.45, 7) is 7.70. The summed E-state index contributed by atoms with van der Waals surface area (Å²) in [5.74, 6) is 1.04. The maximum Gasteiger partial charge on any atom is 0.174 e. The first-order valence-corrected chi connectivity index (χ1v) is 7.34. The minimum Gasteiger partial charge on any atom is -0.382 e. The lowest BCUT2D eigenvalue weighted by atomic mass is 10.4. The van der Waals surface area contributed by atoms with Gasteiger partial charge in [0.15, 0.2) is 4.34 Å². The molecule has 0 aliphatic heterocycles. The van der Waals surface area contributed by atoms with Crippen LogP contribution in [-0.2, 0) is 4.74 Å². The molecule has 16 heavy (non-hydrogen) atoms. The number of nitrogens with one attached hydrogen (secondary N) is 1. The Labute approximate surface area is 105 Å². The van der Waals surface area contributed by atoms with Gasteiger partial charge in [0.1, 0.15) is 5.01 Å². The van der Waals surface area contributed by atoms with E-state index in [2.05, 4.69) is 15.5 Å². The van der Waals surface area contributed by atoms with Gasteiger partial charge in [-0.3, -0.25) is 0 Å². The van der Waals surface area contributed by atoms with Crippen molar-refractivity contribution in [3.8, 4) is 0 Å². The van der Waals surface area contributed by atoms with Gasteiger partial charge in [-0.05, 0) is 26.8 Å². The van der Waals surface area contributed by atoms with Gasteiger partial charge in [0.05, 0.1) is 0 Å². The Balaban J connectivity index is 1.88. The van der Waals surface area contributed by atoms with E-state index < -0.39 is 0 Å². The van der Waals surface area contributed by atoms with Crippen molar-refractivity contribution in [1.82, 2.24) is 15.5 Å². The van der Waals surface area contributed by atoms with Crippen LogP contribution in [0.15, 0.2) is 4.34 Å². The molecule has 0 fully saturated rings. The van der Waals surface area contributed by atoms with Crippen molar-refractivity contribution in [2.24, 2.45) is 0 Å². The minimum atomic E-state index is 0.812. The van der Waals surface area contributed by atoms with E-state index in [-0.39, 0.29) is 0 Å². The highest BCUT2D eigenvalue weighted by atomic mass is 32.2. The van der Waals surface area contributed by atoms with E-state index in [0.29, 0.717) is 0 Å². The summed E-state index contributed by atoms with van der Waals surface area (Å²) in [4.78, 5) is 0. The topological polar surface area (TPSA) is 47.0 Å². The van der Waals surface area contributed by atoms with Crippen LogP contribution >= 0.6 is 23.1 Å². The largest absolute Gasteiger partial charge is 0.382 e. The minimum absolute atomic E-state index is 0.812. The lowest BCUT2D eigenvalue weighted by Crippen LogP contribution is -2.19. The van der Waals surface area contributed by atoms with Crippen LogP contribution in [0, 0.1) is 6.92 Å². The molecule has 1 N–H and O–H groups in total. The van der Waals surface area contributed by atoms with Crippen LogP contribution in [0.1, 0.15) is 18.4 Å². The van der Waals surface area contributed by atoms with Gasteiger partial charge in [-0.15, -0.1) is 10.2 Å². The molecule has 0 aromatic carbocycles. The number of aryl methyl sites for hydroxylation is 1. The van der Waals surface area contributed by atoms with Gasteiger partial charge in [-0.1, -0.05) is 23.1 Å². The van der Waals surface area contributed by atoms with Gasteiger partial charge in [0.2, 0.25) is 0 Å². The first-order chi connectivity index (χ1) is 7.83. The van der Waals surface area contributed by atoms with E-state index in [1.165, 1.54) is 0 Å². The standard InChI is InChI=1S/C10H19N3OS2/c1-3-14-7-4-5-11-6-8-15-10-13-12-9(2)16-10/h11H,3-8H2,1-2H3. The second-order valence-electron chi connectivity index (χ2n) is 3.24. The molecular weight excluding hydrogens is 242 g/mol. The molecule has 4 nitrogen and oxygen atoms in total. The van der Waals surface area contributed by atoms with Crippen LogP contribution in [0.4, 0.5) is 0 Å². The molecule has 0 aliphatic carbocycles. The second-order valence-corrected chi connectivity index (χ2v) is 5.76. The van der Waals surface area contributed by atoms with Crippen molar-refractivity contribution in [3.05, 3.63) is 5.01 Å². The summed E-state index contributed by atoms with van der Waals surface area (Å²) >= 11 is 3.42. The Morgan fingerprint density at radius 1 is 1.38 bits per heavy atom. The van der Waals surface area contributed by atoms with Crippen LogP contribution in [0.25, 0.3) is 0 Å². The number of aromatic nitrogens is 2. The Morgan fingerprint density at radius 2 is 2.25 bits per heavy atom. The molecule has 1 heterocycles. The maximum atomic E-state index is 5.25. The summed E-state index contributed by atoms with van der Waals surface area (Å²) in [6.07, 6.45) is 1.08. The van der Waals surface area contributed by atoms with Crippen molar-refractivity contribution in [1.29, 1.82) is 0 Å². The Morgan fingerprint density at radius 3 is 2.94 bits per heavy atom. The predicted octanol–water partition coefficient (Wildman–Crippen LogP) is 1.95. The van der Waals surface area contributed by atoms with Crippen LogP contribution in [0.3, 0.4) is 0 Å². The third kappa shape index (κ3) is 6.42. The van der Waals surface area contributed by atoms with Crippen LogP contribution in [0.2, 0.25) is 0 Å². The zero-order valence-corrected chi connectivity index (χ0v) is 11.5. The maximum absolute atomic E-state index is 5.25.